The van der Waals surface area contributed by atoms with Gasteiger partial charge in [0.05, 0.1) is 25.0 Å². The van der Waals surface area contributed by atoms with Gasteiger partial charge in [-0.15, -0.1) is 11.3 Å². The number of aryl methyl sites for hydroxylation is 1. The number of nitrogens with two attached hydrogens (primary N) is 1. The highest BCUT2D eigenvalue weighted by Crippen LogP contribution is 2.25. The Morgan fingerprint density at radius 2 is 2.21 bits per heavy atom. The maximum Gasteiger partial charge on any atom is 0.311 e. The maximum absolute atomic E-state index is 12.0. The Labute approximate surface area is 164 Å². The molecule has 0 spiro atoms. The molecule has 4 rings (SSSR count). The lowest BCUT2D eigenvalue weighted by atomic mass is 10.3. The van der Waals surface area contributed by atoms with Crippen LogP contribution in [0, 0.1) is 0 Å². The van der Waals surface area contributed by atoms with Crippen LogP contribution in [-0.2, 0) is 27.3 Å². The molecule has 0 aromatic carbocycles. The second-order valence-corrected chi connectivity index (χ2v) is 7.23. The quantitative estimate of drug-likeness (QED) is 0.461. The highest BCUT2D eigenvalue weighted by molar-refractivity contribution is 7.14. The molecule has 146 valence electrons. The Kier molecular flexibility index (Phi) is 5.15. The van der Waals surface area contributed by atoms with Crippen molar-refractivity contribution < 1.29 is 14.3 Å². The first-order valence-corrected chi connectivity index (χ1v) is 9.81. The van der Waals surface area contributed by atoms with E-state index in [0.717, 1.165) is 6.42 Å². The molecule has 1 amide bonds. The summed E-state index contributed by atoms with van der Waals surface area (Å²) < 4.78 is 7.14. The van der Waals surface area contributed by atoms with Crippen LogP contribution in [0.1, 0.15) is 25.0 Å². The van der Waals surface area contributed by atoms with E-state index < -0.39 is 0 Å². The van der Waals surface area contributed by atoms with E-state index in [9.17, 15) is 9.59 Å². The molecular weight excluding hydrogens is 382 g/mol. The number of nitrogens with zero attached hydrogens (tertiary/aromatic N) is 6. The summed E-state index contributed by atoms with van der Waals surface area (Å²) in [6.07, 6.45) is 5.16. The van der Waals surface area contributed by atoms with Crippen molar-refractivity contribution in [3.8, 4) is 0 Å². The number of imidazole rings is 1. The van der Waals surface area contributed by atoms with Gasteiger partial charge in [0, 0.05) is 24.9 Å². The van der Waals surface area contributed by atoms with E-state index in [1.807, 2.05) is 4.57 Å². The SMILES string of the molecule is Nc1ncnc2c1ncn2CCCOC(=O)Cc1csc(N2CCCC2=O)n1. The molecular formula is C17H19N7O3S. The van der Waals surface area contributed by atoms with Crippen molar-refractivity contribution in [3.05, 3.63) is 23.7 Å². The number of amides is 1. The number of anilines is 2. The molecule has 0 bridgehead atoms. The molecule has 3 aromatic rings. The van der Waals surface area contributed by atoms with Gasteiger partial charge in [-0.05, 0) is 12.8 Å². The molecule has 10 nitrogen and oxygen atoms in total. The zero-order valence-corrected chi connectivity index (χ0v) is 15.9. The molecule has 1 fully saturated rings. The number of hydrogen-bond acceptors (Lipinski definition) is 9. The van der Waals surface area contributed by atoms with Gasteiger partial charge in [-0.3, -0.25) is 14.5 Å². The summed E-state index contributed by atoms with van der Waals surface area (Å²) in [5.74, 6) is 0.0858. The summed E-state index contributed by atoms with van der Waals surface area (Å²) in [6.45, 7) is 1.56. The zero-order chi connectivity index (χ0) is 19.5. The van der Waals surface area contributed by atoms with Crippen LogP contribution >= 0.6 is 11.3 Å². The molecule has 2 N–H and O–H groups in total. The number of carbonyl (C=O) groups excluding carboxylic acids is 2. The van der Waals surface area contributed by atoms with E-state index in [1.54, 1.807) is 16.6 Å². The number of aromatic nitrogens is 5. The van der Waals surface area contributed by atoms with E-state index in [4.69, 9.17) is 10.5 Å². The topological polar surface area (TPSA) is 129 Å². The third kappa shape index (κ3) is 3.79. The lowest BCUT2D eigenvalue weighted by Crippen LogP contribution is -2.23. The average Bonchev–Trinajstić information content (AvgIpc) is 3.39. The molecule has 4 heterocycles. The molecule has 0 saturated carbocycles. The van der Waals surface area contributed by atoms with Gasteiger partial charge in [0.25, 0.3) is 0 Å². The third-order valence-corrected chi connectivity index (χ3v) is 5.32. The summed E-state index contributed by atoms with van der Waals surface area (Å²) in [5, 5.41) is 2.45. The van der Waals surface area contributed by atoms with Crippen molar-refractivity contribution >= 4 is 45.3 Å². The van der Waals surface area contributed by atoms with Crippen molar-refractivity contribution in [1.29, 1.82) is 0 Å². The zero-order valence-electron chi connectivity index (χ0n) is 15.1. The standard InChI is InChI=1S/C17H19N7O3S/c18-15-14-16(20-9-19-15)23(10-21-14)4-2-6-27-13(26)7-11-8-28-17(22-11)24-5-1-3-12(24)25/h8-10H,1-7H2,(H2,18,19,20). The van der Waals surface area contributed by atoms with E-state index in [-0.39, 0.29) is 24.9 Å². The van der Waals surface area contributed by atoms with Gasteiger partial charge in [0.1, 0.15) is 11.8 Å². The van der Waals surface area contributed by atoms with Gasteiger partial charge in [-0.2, -0.15) is 0 Å². The van der Waals surface area contributed by atoms with Crippen LogP contribution in [0.4, 0.5) is 10.9 Å². The second kappa shape index (κ2) is 7.89. The lowest BCUT2D eigenvalue weighted by molar-refractivity contribution is -0.143. The number of thiazole rings is 1. The van der Waals surface area contributed by atoms with E-state index in [2.05, 4.69) is 19.9 Å². The summed E-state index contributed by atoms with van der Waals surface area (Å²) in [7, 11) is 0. The molecule has 0 unspecified atom stereocenters. The smallest absolute Gasteiger partial charge is 0.311 e. The monoisotopic (exact) mass is 401 g/mol. The Balaban J connectivity index is 1.24. The fourth-order valence-corrected chi connectivity index (χ4v) is 3.90. The highest BCUT2D eigenvalue weighted by atomic mass is 32.1. The molecule has 0 aliphatic carbocycles. The van der Waals surface area contributed by atoms with E-state index in [0.29, 0.717) is 53.7 Å². The first-order chi connectivity index (χ1) is 13.6. The van der Waals surface area contributed by atoms with Gasteiger partial charge in [0.2, 0.25) is 5.91 Å². The predicted molar refractivity (Wildman–Crippen MR) is 103 cm³/mol. The Morgan fingerprint density at radius 3 is 3.04 bits per heavy atom. The Hall–Kier alpha value is -3.08. The maximum atomic E-state index is 12.0. The van der Waals surface area contributed by atoms with Crippen molar-refractivity contribution in [2.24, 2.45) is 0 Å². The Bertz CT molecular complexity index is 1020. The van der Waals surface area contributed by atoms with Crippen LogP contribution in [-0.4, -0.2) is 49.5 Å². The number of ether oxygens (including phenoxy) is 1. The van der Waals surface area contributed by atoms with Crippen molar-refractivity contribution in [2.75, 3.05) is 23.8 Å². The molecule has 0 atom stereocenters. The largest absolute Gasteiger partial charge is 0.465 e. The molecule has 3 aromatic heterocycles. The van der Waals surface area contributed by atoms with Crippen LogP contribution in [0.5, 0.6) is 0 Å². The second-order valence-electron chi connectivity index (χ2n) is 6.39. The van der Waals surface area contributed by atoms with Crippen molar-refractivity contribution in [3.63, 3.8) is 0 Å². The summed E-state index contributed by atoms with van der Waals surface area (Å²) in [4.78, 5) is 42.1. The van der Waals surface area contributed by atoms with Crippen LogP contribution in [0.2, 0.25) is 0 Å². The fraction of sp³-hybridized carbons (Fsp3) is 0.412. The number of esters is 1. The fourth-order valence-electron chi connectivity index (χ4n) is 3.03. The minimum absolute atomic E-state index is 0.0857. The predicted octanol–water partition coefficient (Wildman–Crippen LogP) is 1.17. The minimum Gasteiger partial charge on any atom is -0.465 e. The van der Waals surface area contributed by atoms with Crippen molar-refractivity contribution in [2.45, 2.75) is 32.2 Å². The number of fused-ring (bicyclic) bond motifs is 1. The summed E-state index contributed by atoms with van der Waals surface area (Å²) in [6, 6.07) is 0. The Morgan fingerprint density at radius 1 is 1.32 bits per heavy atom. The lowest BCUT2D eigenvalue weighted by Gasteiger charge is -2.10. The van der Waals surface area contributed by atoms with E-state index in [1.165, 1.54) is 17.7 Å². The van der Waals surface area contributed by atoms with E-state index >= 15 is 0 Å². The van der Waals surface area contributed by atoms with Crippen LogP contribution in [0.3, 0.4) is 0 Å². The number of hydrogen-bond donors (Lipinski definition) is 1. The highest BCUT2D eigenvalue weighted by Gasteiger charge is 2.24. The number of nitrogen functional groups attached to an aromatic ring is 1. The molecule has 1 aliphatic rings. The van der Waals surface area contributed by atoms with Gasteiger partial charge in [-0.25, -0.2) is 19.9 Å². The van der Waals surface area contributed by atoms with Gasteiger partial charge in [-0.1, -0.05) is 0 Å². The number of rotatable bonds is 7. The minimum atomic E-state index is -0.341. The summed E-state index contributed by atoms with van der Waals surface area (Å²) in [5.41, 5.74) is 7.61. The first kappa shape index (κ1) is 18.3. The van der Waals surface area contributed by atoms with Gasteiger partial charge in [0.15, 0.2) is 16.6 Å². The normalized spacial score (nSPS) is 14.1. The third-order valence-electron chi connectivity index (χ3n) is 4.41. The van der Waals surface area contributed by atoms with Crippen molar-refractivity contribution in [1.82, 2.24) is 24.5 Å². The molecule has 0 radical (unpaired) electrons. The van der Waals surface area contributed by atoms with Gasteiger partial charge >= 0.3 is 5.97 Å². The molecule has 1 aliphatic heterocycles. The average molecular weight is 401 g/mol. The molecule has 28 heavy (non-hydrogen) atoms. The summed E-state index contributed by atoms with van der Waals surface area (Å²) >= 11 is 1.38. The molecule has 11 heteroatoms. The molecule has 1 saturated heterocycles. The first-order valence-electron chi connectivity index (χ1n) is 8.93. The van der Waals surface area contributed by atoms with Crippen LogP contribution < -0.4 is 10.6 Å². The number of carbonyl (C=O) groups is 2. The van der Waals surface area contributed by atoms with Gasteiger partial charge < -0.3 is 15.0 Å². The van der Waals surface area contributed by atoms with Crippen LogP contribution in [0.25, 0.3) is 11.2 Å². The van der Waals surface area contributed by atoms with Crippen LogP contribution in [0.15, 0.2) is 18.0 Å².